The molecule has 1 aromatic rings. The topological polar surface area (TPSA) is 44.7 Å². The van der Waals surface area contributed by atoms with Gasteiger partial charge in [-0.1, -0.05) is 11.6 Å². The van der Waals surface area contributed by atoms with Gasteiger partial charge in [-0.15, -0.1) is 0 Å². The van der Waals surface area contributed by atoms with Gasteiger partial charge in [-0.05, 0) is 57.9 Å². The SMILES string of the molecule is CN(C)CCCNCC(O)COc1ccc(Cl)cc1. The normalized spacial score (nSPS) is 12.7. The molecule has 19 heavy (non-hydrogen) atoms. The number of rotatable bonds is 9. The maximum Gasteiger partial charge on any atom is 0.119 e. The highest BCUT2D eigenvalue weighted by Gasteiger charge is 2.04. The molecule has 5 heteroatoms. The lowest BCUT2D eigenvalue weighted by Crippen LogP contribution is -2.32. The van der Waals surface area contributed by atoms with Gasteiger partial charge in [0.25, 0.3) is 0 Å². The molecule has 0 aromatic heterocycles. The first-order chi connectivity index (χ1) is 9.08. The number of ether oxygens (including phenoxy) is 1. The van der Waals surface area contributed by atoms with Crippen LogP contribution < -0.4 is 10.1 Å². The summed E-state index contributed by atoms with van der Waals surface area (Å²) < 4.78 is 5.46. The highest BCUT2D eigenvalue weighted by molar-refractivity contribution is 6.30. The van der Waals surface area contributed by atoms with Gasteiger partial charge in [0.1, 0.15) is 18.5 Å². The summed E-state index contributed by atoms with van der Waals surface area (Å²) in [6.07, 6.45) is 0.563. The molecule has 0 aliphatic carbocycles. The van der Waals surface area contributed by atoms with Gasteiger partial charge in [0.2, 0.25) is 0 Å². The molecule has 4 nitrogen and oxygen atoms in total. The number of benzene rings is 1. The zero-order valence-electron chi connectivity index (χ0n) is 11.6. The van der Waals surface area contributed by atoms with E-state index in [2.05, 4.69) is 24.3 Å². The number of halogens is 1. The minimum absolute atomic E-state index is 0.280. The molecule has 0 saturated carbocycles. The van der Waals surface area contributed by atoms with Crippen LogP contribution in [0.2, 0.25) is 5.02 Å². The number of hydrogen-bond acceptors (Lipinski definition) is 4. The molecule has 1 rings (SSSR count). The van der Waals surface area contributed by atoms with Gasteiger partial charge in [-0.25, -0.2) is 0 Å². The number of nitrogens with zero attached hydrogens (tertiary/aromatic N) is 1. The summed E-state index contributed by atoms with van der Waals surface area (Å²) in [6, 6.07) is 7.12. The van der Waals surface area contributed by atoms with Crippen LogP contribution in [0, 0.1) is 0 Å². The summed E-state index contributed by atoms with van der Waals surface area (Å²) in [4.78, 5) is 2.14. The molecule has 0 spiro atoms. The molecule has 0 fully saturated rings. The van der Waals surface area contributed by atoms with Gasteiger partial charge in [0.05, 0.1) is 0 Å². The molecule has 1 aromatic carbocycles. The van der Waals surface area contributed by atoms with Gasteiger partial charge < -0.3 is 20.1 Å². The third kappa shape index (κ3) is 8.06. The second kappa shape index (κ2) is 9.15. The number of aliphatic hydroxyl groups is 1. The maximum atomic E-state index is 9.75. The summed E-state index contributed by atoms with van der Waals surface area (Å²) in [5.41, 5.74) is 0. The average Bonchev–Trinajstić information content (AvgIpc) is 2.37. The largest absolute Gasteiger partial charge is 0.491 e. The zero-order chi connectivity index (χ0) is 14.1. The molecule has 0 aliphatic rings. The van der Waals surface area contributed by atoms with E-state index in [4.69, 9.17) is 16.3 Å². The Morgan fingerprint density at radius 1 is 1.32 bits per heavy atom. The fourth-order valence-corrected chi connectivity index (χ4v) is 1.70. The van der Waals surface area contributed by atoms with E-state index in [1.807, 2.05) is 0 Å². The third-order valence-corrected chi connectivity index (χ3v) is 2.85. The van der Waals surface area contributed by atoms with Gasteiger partial charge in [0, 0.05) is 11.6 Å². The van der Waals surface area contributed by atoms with Crippen molar-refractivity contribution in [2.45, 2.75) is 12.5 Å². The second-order valence-corrected chi connectivity index (χ2v) is 5.22. The van der Waals surface area contributed by atoms with Crippen LogP contribution in [0.3, 0.4) is 0 Å². The van der Waals surface area contributed by atoms with E-state index in [-0.39, 0.29) is 6.61 Å². The molecule has 1 unspecified atom stereocenters. The highest BCUT2D eigenvalue weighted by Crippen LogP contribution is 2.15. The van der Waals surface area contributed by atoms with Gasteiger partial charge in [0.15, 0.2) is 0 Å². The molecule has 1 atom stereocenters. The lowest BCUT2D eigenvalue weighted by molar-refractivity contribution is 0.106. The Morgan fingerprint density at radius 3 is 2.63 bits per heavy atom. The van der Waals surface area contributed by atoms with Crippen LogP contribution in [0.5, 0.6) is 5.75 Å². The van der Waals surface area contributed by atoms with Crippen LogP contribution in [-0.2, 0) is 0 Å². The predicted octanol–water partition coefficient (Wildman–Crippen LogP) is 1.62. The molecular weight excluding hydrogens is 264 g/mol. The van der Waals surface area contributed by atoms with Gasteiger partial charge in [-0.2, -0.15) is 0 Å². The lowest BCUT2D eigenvalue weighted by Gasteiger charge is -2.14. The van der Waals surface area contributed by atoms with E-state index in [9.17, 15) is 5.11 Å². The number of hydrogen-bond donors (Lipinski definition) is 2. The quantitative estimate of drug-likeness (QED) is 0.677. The van der Waals surface area contributed by atoms with Crippen LogP contribution in [-0.4, -0.2) is 56.4 Å². The van der Waals surface area contributed by atoms with Gasteiger partial charge >= 0.3 is 0 Å². The van der Waals surface area contributed by atoms with Crippen molar-refractivity contribution >= 4 is 11.6 Å². The molecule has 0 aliphatic heterocycles. The van der Waals surface area contributed by atoms with Crippen molar-refractivity contribution < 1.29 is 9.84 Å². The minimum Gasteiger partial charge on any atom is -0.491 e. The fourth-order valence-electron chi connectivity index (χ4n) is 1.57. The summed E-state index contributed by atoms with van der Waals surface area (Å²) in [6.45, 7) is 2.77. The van der Waals surface area contributed by atoms with Gasteiger partial charge in [-0.3, -0.25) is 0 Å². The van der Waals surface area contributed by atoms with Crippen molar-refractivity contribution in [2.75, 3.05) is 40.3 Å². The van der Waals surface area contributed by atoms with E-state index < -0.39 is 6.10 Å². The number of aliphatic hydroxyl groups excluding tert-OH is 1. The average molecular weight is 287 g/mol. The Bertz CT molecular complexity index is 344. The Hall–Kier alpha value is -0.810. The van der Waals surface area contributed by atoms with E-state index in [1.165, 1.54) is 0 Å². The highest BCUT2D eigenvalue weighted by atomic mass is 35.5. The smallest absolute Gasteiger partial charge is 0.119 e. The molecule has 0 heterocycles. The monoisotopic (exact) mass is 286 g/mol. The Morgan fingerprint density at radius 2 is 2.00 bits per heavy atom. The molecule has 0 radical (unpaired) electrons. The summed E-state index contributed by atoms with van der Waals surface area (Å²) >= 11 is 5.78. The molecule has 108 valence electrons. The summed E-state index contributed by atoms with van der Waals surface area (Å²) in [7, 11) is 4.10. The first-order valence-electron chi connectivity index (χ1n) is 6.50. The molecule has 0 saturated heterocycles. The van der Waals surface area contributed by atoms with Crippen LogP contribution in [0.4, 0.5) is 0 Å². The van der Waals surface area contributed by atoms with Crippen LogP contribution in [0.25, 0.3) is 0 Å². The van der Waals surface area contributed by atoms with E-state index in [0.717, 1.165) is 25.3 Å². The first kappa shape index (κ1) is 16.2. The molecule has 0 bridgehead atoms. The van der Waals surface area contributed by atoms with E-state index in [0.29, 0.717) is 11.6 Å². The van der Waals surface area contributed by atoms with Crippen molar-refractivity contribution in [3.05, 3.63) is 29.3 Å². The summed E-state index contributed by atoms with van der Waals surface area (Å²) in [5.74, 6) is 0.719. The third-order valence-electron chi connectivity index (χ3n) is 2.59. The minimum atomic E-state index is -0.505. The van der Waals surface area contributed by atoms with Crippen molar-refractivity contribution in [1.82, 2.24) is 10.2 Å². The molecular formula is C14H23ClN2O2. The fraction of sp³-hybridized carbons (Fsp3) is 0.571. The molecule has 2 N–H and O–H groups in total. The Balaban J connectivity index is 2.07. The van der Waals surface area contributed by atoms with Crippen molar-refractivity contribution in [1.29, 1.82) is 0 Å². The van der Waals surface area contributed by atoms with Crippen LogP contribution in [0.1, 0.15) is 6.42 Å². The first-order valence-corrected chi connectivity index (χ1v) is 6.87. The lowest BCUT2D eigenvalue weighted by atomic mass is 10.3. The van der Waals surface area contributed by atoms with Crippen LogP contribution in [0.15, 0.2) is 24.3 Å². The number of nitrogens with one attached hydrogen (secondary N) is 1. The second-order valence-electron chi connectivity index (χ2n) is 4.78. The van der Waals surface area contributed by atoms with E-state index in [1.54, 1.807) is 24.3 Å². The molecule has 0 amide bonds. The predicted molar refractivity (Wildman–Crippen MR) is 79.0 cm³/mol. The Kier molecular flexibility index (Phi) is 7.82. The summed E-state index contributed by atoms with van der Waals surface area (Å²) in [5, 5.41) is 13.6. The van der Waals surface area contributed by atoms with Crippen LogP contribution >= 0.6 is 11.6 Å². The van der Waals surface area contributed by atoms with Crippen molar-refractivity contribution in [3.63, 3.8) is 0 Å². The maximum absolute atomic E-state index is 9.75. The standard InChI is InChI=1S/C14H23ClN2O2/c1-17(2)9-3-8-16-10-13(18)11-19-14-6-4-12(15)5-7-14/h4-7,13,16,18H,3,8-11H2,1-2H3. The zero-order valence-corrected chi connectivity index (χ0v) is 12.4. The van der Waals surface area contributed by atoms with Crippen molar-refractivity contribution in [3.8, 4) is 5.75 Å². The Labute approximate surface area is 120 Å². The van der Waals surface area contributed by atoms with Crippen molar-refractivity contribution in [2.24, 2.45) is 0 Å². The van der Waals surface area contributed by atoms with E-state index >= 15 is 0 Å².